The van der Waals surface area contributed by atoms with Gasteiger partial charge in [0.15, 0.2) is 0 Å². The molecule has 0 saturated carbocycles. The second-order valence-electron chi connectivity index (χ2n) is 5.33. The van der Waals surface area contributed by atoms with Gasteiger partial charge in [0.2, 0.25) is 5.91 Å². The molecule has 0 atom stereocenters. The number of hydrogen-bond donors (Lipinski definition) is 1. The number of nitrogens with zero attached hydrogens (tertiary/aromatic N) is 2. The average Bonchev–Trinajstić information content (AvgIpc) is 2.61. The van der Waals surface area contributed by atoms with E-state index in [9.17, 15) is 9.59 Å². The van der Waals surface area contributed by atoms with Crippen molar-refractivity contribution in [2.75, 3.05) is 13.2 Å². The van der Waals surface area contributed by atoms with Crippen molar-refractivity contribution in [2.45, 2.75) is 6.54 Å². The van der Waals surface area contributed by atoms with Crippen LogP contribution in [0, 0.1) is 0 Å². The van der Waals surface area contributed by atoms with Crippen LogP contribution in [0.1, 0.15) is 0 Å². The molecule has 3 aromatic rings. The molecule has 0 bridgehead atoms. The molecule has 1 N–H and O–H groups in total. The van der Waals surface area contributed by atoms with Gasteiger partial charge in [0.05, 0.1) is 23.8 Å². The van der Waals surface area contributed by atoms with Gasteiger partial charge in [-0.2, -0.15) is 0 Å². The van der Waals surface area contributed by atoms with Crippen molar-refractivity contribution in [1.29, 1.82) is 0 Å². The maximum atomic E-state index is 12.1. The number of carbonyl (C=O) groups excluding carboxylic acids is 1. The molecule has 1 amide bonds. The molecular formula is C18H16ClN3O3. The largest absolute Gasteiger partial charge is 0.492 e. The maximum Gasteiger partial charge on any atom is 0.269 e. The lowest BCUT2D eigenvalue weighted by atomic mass is 10.3. The van der Waals surface area contributed by atoms with Gasteiger partial charge < -0.3 is 10.1 Å². The Bertz CT molecular complexity index is 955. The topological polar surface area (TPSA) is 73.2 Å². The Morgan fingerprint density at radius 2 is 2.04 bits per heavy atom. The number of benzene rings is 2. The number of para-hydroxylation sites is 2. The van der Waals surface area contributed by atoms with Crippen LogP contribution >= 0.6 is 11.6 Å². The van der Waals surface area contributed by atoms with Crippen LogP contribution in [0.3, 0.4) is 0 Å². The predicted octanol–water partition coefficient (Wildman–Crippen LogP) is 2.25. The second-order valence-corrected chi connectivity index (χ2v) is 5.76. The summed E-state index contributed by atoms with van der Waals surface area (Å²) in [7, 11) is 0. The quantitative estimate of drug-likeness (QED) is 0.687. The number of halogens is 1. The molecule has 2 aromatic carbocycles. The fourth-order valence-corrected chi connectivity index (χ4v) is 2.57. The molecule has 7 heteroatoms. The van der Waals surface area contributed by atoms with E-state index in [-0.39, 0.29) is 18.0 Å². The highest BCUT2D eigenvalue weighted by molar-refractivity contribution is 6.30. The lowest BCUT2D eigenvalue weighted by Crippen LogP contribution is -2.34. The SMILES string of the molecule is O=C(Cn1c(=O)cnc2ccccc21)NCCOc1cccc(Cl)c1. The number of ether oxygens (including phenoxy) is 1. The fourth-order valence-electron chi connectivity index (χ4n) is 2.39. The molecule has 0 spiro atoms. The molecular weight excluding hydrogens is 342 g/mol. The van der Waals surface area contributed by atoms with Gasteiger partial charge in [0, 0.05) is 5.02 Å². The lowest BCUT2D eigenvalue weighted by Gasteiger charge is -2.10. The molecule has 25 heavy (non-hydrogen) atoms. The van der Waals surface area contributed by atoms with Gasteiger partial charge in [0.25, 0.3) is 5.56 Å². The normalized spacial score (nSPS) is 10.6. The Kier molecular flexibility index (Phi) is 5.30. The van der Waals surface area contributed by atoms with Gasteiger partial charge >= 0.3 is 0 Å². The molecule has 0 saturated heterocycles. The Morgan fingerprint density at radius 3 is 2.88 bits per heavy atom. The molecule has 0 aliphatic rings. The van der Waals surface area contributed by atoms with E-state index in [4.69, 9.17) is 16.3 Å². The van der Waals surface area contributed by atoms with E-state index in [1.165, 1.54) is 10.8 Å². The van der Waals surface area contributed by atoms with Crippen molar-refractivity contribution in [3.05, 3.63) is 70.1 Å². The van der Waals surface area contributed by atoms with Crippen LogP contribution in [-0.4, -0.2) is 28.6 Å². The minimum atomic E-state index is -0.316. The first-order valence-corrected chi connectivity index (χ1v) is 8.11. The van der Waals surface area contributed by atoms with E-state index >= 15 is 0 Å². The molecule has 0 aliphatic carbocycles. The minimum absolute atomic E-state index is 0.0704. The molecule has 0 fully saturated rings. The third-order valence-electron chi connectivity index (χ3n) is 3.54. The van der Waals surface area contributed by atoms with Crippen LogP contribution in [0.15, 0.2) is 59.5 Å². The van der Waals surface area contributed by atoms with E-state index in [0.717, 1.165) is 0 Å². The second kappa shape index (κ2) is 7.81. The van der Waals surface area contributed by atoms with Crippen molar-refractivity contribution in [1.82, 2.24) is 14.9 Å². The zero-order valence-corrected chi connectivity index (χ0v) is 14.1. The van der Waals surface area contributed by atoms with Gasteiger partial charge in [-0.05, 0) is 30.3 Å². The Labute approximate surface area is 149 Å². The van der Waals surface area contributed by atoms with E-state index in [1.807, 2.05) is 6.07 Å². The third-order valence-corrected chi connectivity index (χ3v) is 3.78. The van der Waals surface area contributed by atoms with E-state index in [2.05, 4.69) is 10.3 Å². The average molecular weight is 358 g/mol. The molecule has 128 valence electrons. The van der Waals surface area contributed by atoms with Crippen LogP contribution in [0.2, 0.25) is 5.02 Å². The maximum absolute atomic E-state index is 12.1. The van der Waals surface area contributed by atoms with Crippen molar-refractivity contribution in [3.63, 3.8) is 0 Å². The summed E-state index contributed by atoms with van der Waals surface area (Å²) in [6, 6.07) is 14.2. The summed E-state index contributed by atoms with van der Waals surface area (Å²) in [6.45, 7) is 0.556. The lowest BCUT2D eigenvalue weighted by molar-refractivity contribution is -0.121. The van der Waals surface area contributed by atoms with Crippen molar-refractivity contribution in [2.24, 2.45) is 0 Å². The van der Waals surface area contributed by atoms with E-state index in [1.54, 1.807) is 42.5 Å². The van der Waals surface area contributed by atoms with Gasteiger partial charge in [-0.3, -0.25) is 14.2 Å². The first-order chi connectivity index (χ1) is 12.1. The standard InChI is InChI=1S/C18H16ClN3O3/c19-13-4-3-5-14(10-13)25-9-8-20-17(23)12-22-16-7-2-1-6-15(16)21-11-18(22)24/h1-7,10-11H,8-9,12H2,(H,20,23). The predicted molar refractivity (Wildman–Crippen MR) is 96.0 cm³/mol. The molecule has 0 aliphatic heterocycles. The number of nitrogens with one attached hydrogen (secondary N) is 1. The number of carbonyl (C=O) groups is 1. The van der Waals surface area contributed by atoms with Crippen LogP contribution in [0.4, 0.5) is 0 Å². The summed E-state index contributed by atoms with van der Waals surface area (Å²) in [5.74, 6) is 0.367. The molecule has 3 rings (SSSR count). The molecule has 0 radical (unpaired) electrons. The number of aromatic nitrogens is 2. The first-order valence-electron chi connectivity index (χ1n) is 7.73. The van der Waals surface area contributed by atoms with Crippen LogP contribution in [-0.2, 0) is 11.3 Å². The van der Waals surface area contributed by atoms with Crippen molar-refractivity contribution < 1.29 is 9.53 Å². The van der Waals surface area contributed by atoms with E-state index in [0.29, 0.717) is 35.0 Å². The summed E-state index contributed by atoms with van der Waals surface area (Å²) < 4.78 is 6.90. The number of amides is 1. The summed E-state index contributed by atoms with van der Waals surface area (Å²) in [5, 5.41) is 3.32. The molecule has 1 aromatic heterocycles. The summed E-state index contributed by atoms with van der Waals surface area (Å²) in [6.07, 6.45) is 1.22. The zero-order valence-electron chi connectivity index (χ0n) is 13.3. The highest BCUT2D eigenvalue weighted by Gasteiger charge is 2.08. The van der Waals surface area contributed by atoms with Gasteiger partial charge in [0.1, 0.15) is 18.9 Å². The van der Waals surface area contributed by atoms with Gasteiger partial charge in [-0.25, -0.2) is 4.98 Å². The van der Waals surface area contributed by atoms with Crippen LogP contribution in [0.5, 0.6) is 5.75 Å². The number of fused-ring (bicyclic) bond motifs is 1. The summed E-state index contributed by atoms with van der Waals surface area (Å²) in [5.41, 5.74) is 0.976. The van der Waals surface area contributed by atoms with Gasteiger partial charge in [-0.1, -0.05) is 29.8 Å². The summed E-state index contributed by atoms with van der Waals surface area (Å²) >= 11 is 5.87. The van der Waals surface area contributed by atoms with Crippen LogP contribution < -0.4 is 15.6 Å². The van der Waals surface area contributed by atoms with Crippen molar-refractivity contribution >= 4 is 28.5 Å². The third kappa shape index (κ3) is 4.36. The van der Waals surface area contributed by atoms with E-state index < -0.39 is 0 Å². The Hall–Kier alpha value is -2.86. The van der Waals surface area contributed by atoms with Gasteiger partial charge in [-0.15, -0.1) is 0 Å². The number of hydrogen-bond acceptors (Lipinski definition) is 4. The zero-order chi connectivity index (χ0) is 17.6. The first kappa shape index (κ1) is 17.0. The number of rotatable bonds is 6. The fraction of sp³-hybridized carbons (Fsp3) is 0.167. The molecule has 6 nitrogen and oxygen atoms in total. The van der Waals surface area contributed by atoms with Crippen LogP contribution in [0.25, 0.3) is 11.0 Å². The molecule has 1 heterocycles. The highest BCUT2D eigenvalue weighted by atomic mass is 35.5. The Balaban J connectivity index is 1.56. The summed E-state index contributed by atoms with van der Waals surface area (Å²) in [4.78, 5) is 28.2. The highest BCUT2D eigenvalue weighted by Crippen LogP contribution is 2.16. The Morgan fingerprint density at radius 1 is 1.20 bits per heavy atom. The monoisotopic (exact) mass is 357 g/mol. The van der Waals surface area contributed by atoms with Crippen molar-refractivity contribution in [3.8, 4) is 5.75 Å². The molecule has 0 unspecified atom stereocenters. The minimum Gasteiger partial charge on any atom is -0.492 e. The smallest absolute Gasteiger partial charge is 0.269 e.